The summed E-state index contributed by atoms with van der Waals surface area (Å²) in [5, 5.41) is 10.2. The van der Waals surface area contributed by atoms with Crippen LogP contribution in [0.3, 0.4) is 0 Å². The fourth-order valence-corrected chi connectivity index (χ4v) is 2.63. The van der Waals surface area contributed by atoms with E-state index in [0.29, 0.717) is 5.75 Å². The Labute approximate surface area is 121 Å². The molecule has 0 radical (unpaired) electrons. The van der Waals surface area contributed by atoms with Crippen LogP contribution >= 0.6 is 0 Å². The lowest BCUT2D eigenvalue weighted by atomic mass is 9.85. The van der Waals surface area contributed by atoms with E-state index in [4.69, 9.17) is 0 Å². The SMILES string of the molecule is Cc1ccccc1[C@@H](CCN(C)C)c1ccccc1O. The van der Waals surface area contributed by atoms with Gasteiger partial charge in [0.05, 0.1) is 0 Å². The highest BCUT2D eigenvalue weighted by Crippen LogP contribution is 2.35. The lowest BCUT2D eigenvalue weighted by Crippen LogP contribution is -2.17. The van der Waals surface area contributed by atoms with Gasteiger partial charge in [-0.05, 0) is 51.2 Å². The van der Waals surface area contributed by atoms with Gasteiger partial charge in [-0.1, -0.05) is 42.5 Å². The maximum Gasteiger partial charge on any atom is 0.119 e. The second kappa shape index (κ2) is 6.58. The number of aryl methyl sites for hydroxylation is 1. The van der Waals surface area contributed by atoms with E-state index in [9.17, 15) is 5.11 Å². The monoisotopic (exact) mass is 269 g/mol. The van der Waals surface area contributed by atoms with E-state index >= 15 is 0 Å². The van der Waals surface area contributed by atoms with Gasteiger partial charge in [-0.15, -0.1) is 0 Å². The molecule has 1 atom stereocenters. The standard InChI is InChI=1S/C18H23NO/c1-14-8-4-5-9-15(14)16(12-13-19(2)3)17-10-6-7-11-18(17)20/h4-11,16,20H,12-13H2,1-3H3/t16-/m1/s1. The predicted octanol–water partition coefficient (Wildman–Crippen LogP) is 3.78. The molecule has 0 spiro atoms. The summed E-state index contributed by atoms with van der Waals surface area (Å²) in [5.41, 5.74) is 3.60. The molecule has 0 aromatic heterocycles. The van der Waals surface area contributed by atoms with Crippen molar-refractivity contribution in [3.05, 3.63) is 65.2 Å². The van der Waals surface area contributed by atoms with Gasteiger partial charge in [0, 0.05) is 11.5 Å². The average Bonchev–Trinajstić information content (AvgIpc) is 2.42. The first kappa shape index (κ1) is 14.6. The number of hydrogen-bond donors (Lipinski definition) is 1. The van der Waals surface area contributed by atoms with Gasteiger partial charge in [0.2, 0.25) is 0 Å². The molecule has 2 nitrogen and oxygen atoms in total. The third kappa shape index (κ3) is 3.40. The van der Waals surface area contributed by atoms with Gasteiger partial charge < -0.3 is 10.0 Å². The van der Waals surface area contributed by atoms with E-state index in [-0.39, 0.29) is 5.92 Å². The molecule has 0 heterocycles. The summed E-state index contributed by atoms with van der Waals surface area (Å²) in [6.07, 6.45) is 0.995. The quantitative estimate of drug-likeness (QED) is 0.893. The maximum atomic E-state index is 10.2. The maximum absolute atomic E-state index is 10.2. The largest absolute Gasteiger partial charge is 0.508 e. The summed E-state index contributed by atoms with van der Waals surface area (Å²) in [5.74, 6) is 0.624. The molecular weight excluding hydrogens is 246 g/mol. The van der Waals surface area contributed by atoms with Crippen LogP contribution in [0.1, 0.15) is 29.0 Å². The molecular formula is C18H23NO. The van der Waals surface area contributed by atoms with Crippen molar-refractivity contribution in [2.75, 3.05) is 20.6 Å². The molecule has 20 heavy (non-hydrogen) atoms. The van der Waals surface area contributed by atoms with E-state index in [1.54, 1.807) is 6.07 Å². The normalized spacial score (nSPS) is 12.6. The van der Waals surface area contributed by atoms with Crippen molar-refractivity contribution >= 4 is 0 Å². The van der Waals surface area contributed by atoms with Crippen LogP contribution in [-0.4, -0.2) is 30.6 Å². The van der Waals surface area contributed by atoms with Gasteiger partial charge >= 0.3 is 0 Å². The summed E-state index contributed by atoms with van der Waals surface area (Å²) in [6.45, 7) is 3.13. The van der Waals surface area contributed by atoms with Crippen LogP contribution in [0.25, 0.3) is 0 Å². The molecule has 0 aliphatic carbocycles. The number of para-hydroxylation sites is 1. The molecule has 2 rings (SSSR count). The number of rotatable bonds is 5. The highest BCUT2D eigenvalue weighted by molar-refractivity contribution is 5.43. The van der Waals surface area contributed by atoms with E-state index in [2.05, 4.69) is 50.2 Å². The molecule has 0 unspecified atom stereocenters. The Morgan fingerprint density at radius 1 is 0.950 bits per heavy atom. The lowest BCUT2D eigenvalue weighted by molar-refractivity contribution is 0.386. The van der Waals surface area contributed by atoms with Crippen molar-refractivity contribution in [2.24, 2.45) is 0 Å². The predicted molar refractivity (Wildman–Crippen MR) is 84.3 cm³/mol. The van der Waals surface area contributed by atoms with Crippen molar-refractivity contribution in [1.29, 1.82) is 0 Å². The molecule has 2 aromatic rings. The first-order valence-corrected chi connectivity index (χ1v) is 7.07. The van der Waals surface area contributed by atoms with Crippen molar-refractivity contribution in [3.63, 3.8) is 0 Å². The van der Waals surface area contributed by atoms with Crippen molar-refractivity contribution in [2.45, 2.75) is 19.3 Å². The molecule has 0 fully saturated rings. The summed E-state index contributed by atoms with van der Waals surface area (Å²) < 4.78 is 0. The Bertz CT molecular complexity index is 517. The van der Waals surface area contributed by atoms with Crippen LogP contribution < -0.4 is 0 Å². The Morgan fingerprint density at radius 2 is 1.55 bits per heavy atom. The molecule has 0 bridgehead atoms. The third-order valence-electron chi connectivity index (χ3n) is 3.74. The van der Waals surface area contributed by atoms with Gasteiger partial charge in [0.15, 0.2) is 0 Å². The number of hydrogen-bond acceptors (Lipinski definition) is 2. The summed E-state index contributed by atoms with van der Waals surface area (Å²) in [6, 6.07) is 16.1. The number of aromatic hydroxyl groups is 1. The molecule has 1 N–H and O–H groups in total. The van der Waals surface area contributed by atoms with Crippen molar-refractivity contribution < 1.29 is 5.11 Å². The van der Waals surface area contributed by atoms with E-state index in [1.165, 1.54) is 11.1 Å². The highest BCUT2D eigenvalue weighted by atomic mass is 16.3. The summed E-state index contributed by atoms with van der Waals surface area (Å²) in [7, 11) is 4.17. The van der Waals surface area contributed by atoms with Crippen molar-refractivity contribution in [1.82, 2.24) is 4.90 Å². The topological polar surface area (TPSA) is 23.5 Å². The Hall–Kier alpha value is -1.80. The zero-order chi connectivity index (χ0) is 14.5. The molecule has 0 aliphatic heterocycles. The average molecular weight is 269 g/mol. The fraction of sp³-hybridized carbons (Fsp3) is 0.333. The smallest absolute Gasteiger partial charge is 0.119 e. The van der Waals surface area contributed by atoms with Gasteiger partial charge in [-0.3, -0.25) is 0 Å². The van der Waals surface area contributed by atoms with Crippen LogP contribution in [0.2, 0.25) is 0 Å². The highest BCUT2D eigenvalue weighted by Gasteiger charge is 2.18. The zero-order valence-corrected chi connectivity index (χ0v) is 12.5. The van der Waals surface area contributed by atoms with Crippen LogP contribution in [-0.2, 0) is 0 Å². The third-order valence-corrected chi connectivity index (χ3v) is 3.74. The Kier molecular flexibility index (Phi) is 4.80. The molecule has 106 valence electrons. The van der Waals surface area contributed by atoms with Gasteiger partial charge in [-0.2, -0.15) is 0 Å². The summed E-state index contributed by atoms with van der Waals surface area (Å²) >= 11 is 0. The van der Waals surface area contributed by atoms with Crippen LogP contribution in [0.15, 0.2) is 48.5 Å². The molecule has 0 aliphatic rings. The molecule has 0 saturated carbocycles. The van der Waals surface area contributed by atoms with Crippen LogP contribution in [0.5, 0.6) is 5.75 Å². The molecule has 0 amide bonds. The van der Waals surface area contributed by atoms with E-state index < -0.39 is 0 Å². The number of nitrogens with zero attached hydrogens (tertiary/aromatic N) is 1. The first-order valence-electron chi connectivity index (χ1n) is 7.07. The number of phenolic OH excluding ortho intramolecular Hbond substituents is 1. The Morgan fingerprint density at radius 3 is 2.15 bits per heavy atom. The van der Waals surface area contributed by atoms with Gasteiger partial charge in [0.25, 0.3) is 0 Å². The van der Waals surface area contributed by atoms with Crippen molar-refractivity contribution in [3.8, 4) is 5.75 Å². The fourth-order valence-electron chi connectivity index (χ4n) is 2.63. The number of benzene rings is 2. The minimum Gasteiger partial charge on any atom is -0.508 e. The van der Waals surface area contributed by atoms with E-state index in [1.807, 2.05) is 18.2 Å². The molecule has 2 aromatic carbocycles. The van der Waals surface area contributed by atoms with E-state index in [0.717, 1.165) is 18.5 Å². The lowest BCUT2D eigenvalue weighted by Gasteiger charge is -2.22. The zero-order valence-electron chi connectivity index (χ0n) is 12.5. The molecule has 2 heteroatoms. The first-order chi connectivity index (χ1) is 9.59. The number of phenols is 1. The second-order valence-corrected chi connectivity index (χ2v) is 5.56. The second-order valence-electron chi connectivity index (χ2n) is 5.56. The van der Waals surface area contributed by atoms with Gasteiger partial charge in [0.1, 0.15) is 5.75 Å². The Balaban J connectivity index is 2.40. The van der Waals surface area contributed by atoms with Crippen LogP contribution in [0.4, 0.5) is 0 Å². The van der Waals surface area contributed by atoms with Gasteiger partial charge in [-0.25, -0.2) is 0 Å². The molecule has 0 saturated heterocycles. The van der Waals surface area contributed by atoms with Crippen LogP contribution in [0, 0.1) is 6.92 Å². The minimum absolute atomic E-state index is 0.236. The summed E-state index contributed by atoms with van der Waals surface area (Å²) in [4.78, 5) is 2.19. The minimum atomic E-state index is 0.236.